The zero-order valence-electron chi connectivity index (χ0n) is 11.5. The van der Waals surface area contributed by atoms with Gasteiger partial charge < -0.3 is 10.5 Å². The van der Waals surface area contributed by atoms with Gasteiger partial charge in [0.2, 0.25) is 0 Å². The molecule has 0 bridgehead atoms. The first kappa shape index (κ1) is 14.6. The van der Waals surface area contributed by atoms with E-state index < -0.39 is 6.03 Å². The zero-order chi connectivity index (χ0) is 15.1. The number of hydrogen-bond donors (Lipinski definition) is 2. The van der Waals surface area contributed by atoms with Gasteiger partial charge in [-0.15, -0.1) is 0 Å². The van der Waals surface area contributed by atoms with E-state index in [1.54, 1.807) is 0 Å². The molecule has 2 aromatic rings. The summed E-state index contributed by atoms with van der Waals surface area (Å²) >= 11 is 0. The molecule has 0 radical (unpaired) electrons. The number of carbonyl (C=O) groups is 1. The van der Waals surface area contributed by atoms with Crippen LogP contribution in [0.1, 0.15) is 11.1 Å². The number of ether oxygens (including phenoxy) is 1. The van der Waals surface area contributed by atoms with Crippen molar-refractivity contribution >= 4 is 12.1 Å². The van der Waals surface area contributed by atoms with Crippen LogP contribution in [0.4, 0.5) is 4.79 Å². The third-order valence-corrected chi connectivity index (χ3v) is 2.91. The Morgan fingerprint density at radius 1 is 1.00 bits per heavy atom. The molecule has 5 nitrogen and oxygen atoms in total. The summed E-state index contributed by atoms with van der Waals surface area (Å²) in [6.07, 6.45) is 0. The molecule has 2 aromatic carbocycles. The van der Waals surface area contributed by atoms with Crippen molar-refractivity contribution in [1.82, 2.24) is 4.90 Å². The summed E-state index contributed by atoms with van der Waals surface area (Å²) in [4.78, 5) is 12.6. The summed E-state index contributed by atoms with van der Waals surface area (Å²) in [5.41, 5.74) is 7.12. The molecular weight excluding hydrogens is 266 g/mol. The Morgan fingerprint density at radius 3 is 2.05 bits per heavy atom. The lowest BCUT2D eigenvalue weighted by Crippen LogP contribution is -2.40. The van der Waals surface area contributed by atoms with E-state index in [9.17, 15) is 4.79 Å². The van der Waals surface area contributed by atoms with Gasteiger partial charge in [0, 0.05) is 0 Å². The Balaban J connectivity index is 1.98. The molecule has 0 saturated carbocycles. The summed E-state index contributed by atoms with van der Waals surface area (Å²) in [6, 6.07) is 17.8. The second-order valence-corrected chi connectivity index (χ2v) is 4.49. The van der Waals surface area contributed by atoms with Gasteiger partial charge in [-0.1, -0.05) is 60.7 Å². The molecule has 21 heavy (non-hydrogen) atoms. The predicted octanol–water partition coefficient (Wildman–Crippen LogP) is 2.72. The number of nitrogens with two attached hydrogens (primary N) is 1. The number of urea groups is 1. The molecule has 2 amide bonds. The van der Waals surface area contributed by atoms with Crippen molar-refractivity contribution in [2.45, 2.75) is 13.2 Å². The van der Waals surface area contributed by atoms with Gasteiger partial charge in [-0.25, -0.2) is 9.69 Å². The molecular formula is C16H17N3O2. The van der Waals surface area contributed by atoms with E-state index >= 15 is 0 Å². The van der Waals surface area contributed by atoms with Gasteiger partial charge >= 0.3 is 6.03 Å². The first-order valence-corrected chi connectivity index (χ1v) is 6.53. The summed E-state index contributed by atoms with van der Waals surface area (Å²) in [6.45, 7) is 0.433. The van der Waals surface area contributed by atoms with Gasteiger partial charge in [-0.3, -0.25) is 5.41 Å². The summed E-state index contributed by atoms with van der Waals surface area (Å²) < 4.78 is 5.33. The lowest BCUT2D eigenvalue weighted by Gasteiger charge is -2.20. The van der Waals surface area contributed by atoms with Gasteiger partial charge in [0.25, 0.3) is 6.02 Å². The minimum atomic E-state index is -0.711. The van der Waals surface area contributed by atoms with Gasteiger partial charge in [0.15, 0.2) is 0 Å². The van der Waals surface area contributed by atoms with Crippen LogP contribution in [0.25, 0.3) is 0 Å². The fourth-order valence-electron chi connectivity index (χ4n) is 1.82. The maximum Gasteiger partial charge on any atom is 0.323 e. The third-order valence-electron chi connectivity index (χ3n) is 2.91. The Labute approximate surface area is 123 Å². The van der Waals surface area contributed by atoms with Crippen LogP contribution in [0, 0.1) is 5.41 Å². The van der Waals surface area contributed by atoms with Gasteiger partial charge in [-0.2, -0.15) is 0 Å². The van der Waals surface area contributed by atoms with E-state index in [0.717, 1.165) is 16.0 Å². The quantitative estimate of drug-likeness (QED) is 0.668. The molecule has 0 aliphatic carbocycles. The summed E-state index contributed by atoms with van der Waals surface area (Å²) in [7, 11) is 0. The van der Waals surface area contributed by atoms with Crippen molar-refractivity contribution in [3.63, 3.8) is 0 Å². The minimum absolute atomic E-state index is 0.212. The predicted molar refractivity (Wildman–Crippen MR) is 80.5 cm³/mol. The minimum Gasteiger partial charge on any atom is -0.460 e. The molecule has 0 saturated heterocycles. The average molecular weight is 283 g/mol. The van der Waals surface area contributed by atoms with E-state index in [1.165, 1.54) is 0 Å². The molecule has 0 aromatic heterocycles. The van der Waals surface area contributed by atoms with Crippen LogP contribution in [0.15, 0.2) is 60.7 Å². The fourth-order valence-corrected chi connectivity index (χ4v) is 1.82. The van der Waals surface area contributed by atoms with Gasteiger partial charge in [0.05, 0.1) is 6.54 Å². The lowest BCUT2D eigenvalue weighted by atomic mass is 10.2. The molecule has 0 aliphatic heterocycles. The molecule has 0 spiro atoms. The Hall–Kier alpha value is -2.82. The molecule has 0 fully saturated rings. The number of primary amides is 1. The second kappa shape index (κ2) is 7.09. The van der Waals surface area contributed by atoms with Crippen molar-refractivity contribution in [2.24, 2.45) is 5.73 Å². The maximum absolute atomic E-state index is 11.5. The van der Waals surface area contributed by atoms with Crippen molar-refractivity contribution in [2.75, 3.05) is 0 Å². The van der Waals surface area contributed by atoms with Gasteiger partial charge in [0.1, 0.15) is 6.61 Å². The summed E-state index contributed by atoms with van der Waals surface area (Å²) in [5, 5.41) is 7.88. The number of nitrogens with zero attached hydrogens (tertiary/aromatic N) is 1. The van der Waals surface area contributed by atoms with Crippen LogP contribution in [0.3, 0.4) is 0 Å². The first-order valence-electron chi connectivity index (χ1n) is 6.53. The molecule has 0 unspecified atom stereocenters. The van der Waals surface area contributed by atoms with E-state index in [2.05, 4.69) is 0 Å². The van der Waals surface area contributed by atoms with Crippen LogP contribution in [-0.2, 0) is 17.9 Å². The highest BCUT2D eigenvalue weighted by Gasteiger charge is 2.17. The Bertz CT molecular complexity index is 599. The topological polar surface area (TPSA) is 79.4 Å². The molecule has 0 atom stereocenters. The highest BCUT2D eigenvalue weighted by Crippen LogP contribution is 2.07. The number of nitrogens with one attached hydrogen (secondary N) is 1. The number of amidine groups is 1. The molecule has 0 heterocycles. The number of benzene rings is 2. The van der Waals surface area contributed by atoms with Crippen molar-refractivity contribution < 1.29 is 9.53 Å². The molecule has 108 valence electrons. The van der Waals surface area contributed by atoms with Crippen molar-refractivity contribution in [1.29, 1.82) is 5.41 Å². The maximum atomic E-state index is 11.5. The van der Waals surface area contributed by atoms with Crippen LogP contribution in [0.5, 0.6) is 0 Å². The monoisotopic (exact) mass is 283 g/mol. The van der Waals surface area contributed by atoms with E-state index in [4.69, 9.17) is 15.9 Å². The van der Waals surface area contributed by atoms with E-state index in [-0.39, 0.29) is 19.2 Å². The van der Waals surface area contributed by atoms with Gasteiger partial charge in [-0.05, 0) is 11.1 Å². The zero-order valence-corrected chi connectivity index (χ0v) is 11.5. The molecule has 5 heteroatoms. The third kappa shape index (κ3) is 4.35. The number of rotatable bonds is 4. The number of hydrogen-bond acceptors (Lipinski definition) is 3. The SMILES string of the molecule is N=C(OCc1ccccc1)N(Cc1ccccc1)C(N)=O. The Kier molecular flexibility index (Phi) is 4.93. The smallest absolute Gasteiger partial charge is 0.323 e. The number of carbonyl (C=O) groups excluding carboxylic acids is 1. The van der Waals surface area contributed by atoms with Crippen LogP contribution in [-0.4, -0.2) is 17.0 Å². The van der Waals surface area contributed by atoms with Crippen molar-refractivity contribution in [3.05, 3.63) is 71.8 Å². The second-order valence-electron chi connectivity index (χ2n) is 4.49. The highest BCUT2D eigenvalue weighted by atomic mass is 16.5. The lowest BCUT2D eigenvalue weighted by molar-refractivity contribution is 0.197. The largest absolute Gasteiger partial charge is 0.460 e. The standard InChI is InChI=1S/C16H17N3O2/c17-15(20)19(11-13-7-3-1-4-8-13)16(18)21-12-14-9-5-2-6-10-14/h1-10,18H,11-12H2,(H2,17,20). The normalized spacial score (nSPS) is 9.90. The van der Waals surface area contributed by atoms with E-state index in [1.807, 2.05) is 60.7 Å². The number of amides is 2. The average Bonchev–Trinajstić information content (AvgIpc) is 2.52. The first-order chi connectivity index (χ1) is 10.2. The van der Waals surface area contributed by atoms with Crippen LogP contribution in [0.2, 0.25) is 0 Å². The molecule has 3 N–H and O–H groups in total. The summed E-state index contributed by atoms with van der Waals surface area (Å²) in [5.74, 6) is 0. The van der Waals surface area contributed by atoms with Crippen molar-refractivity contribution in [3.8, 4) is 0 Å². The fraction of sp³-hybridized carbons (Fsp3) is 0.125. The van der Waals surface area contributed by atoms with E-state index in [0.29, 0.717) is 0 Å². The van der Waals surface area contributed by atoms with Crippen LogP contribution >= 0.6 is 0 Å². The Morgan fingerprint density at radius 2 is 1.52 bits per heavy atom. The highest BCUT2D eigenvalue weighted by molar-refractivity contribution is 5.90. The van der Waals surface area contributed by atoms with Crippen LogP contribution < -0.4 is 5.73 Å². The molecule has 2 rings (SSSR count). The molecule has 0 aliphatic rings.